The van der Waals surface area contributed by atoms with Crippen LogP contribution in [0.15, 0.2) is 9.98 Å². The molecule has 8 atom stereocenters. The van der Waals surface area contributed by atoms with Crippen molar-refractivity contribution in [2.45, 2.75) is 367 Å². The summed E-state index contributed by atoms with van der Waals surface area (Å²) in [6.45, 7) is 16.0. The Morgan fingerprint density at radius 1 is 0.368 bits per heavy atom. The largest absolute Gasteiger partial charge is 0.378 e. The van der Waals surface area contributed by atoms with Crippen molar-refractivity contribution in [2.75, 3.05) is 13.2 Å². The zero-order valence-corrected chi connectivity index (χ0v) is 47.1. The fourth-order valence-electron chi connectivity index (χ4n) is 12.2. The first-order valence-corrected chi connectivity index (χ1v) is 31.5. The predicted octanol–water partition coefficient (Wildman–Crippen LogP) is 19.6. The lowest BCUT2D eigenvalue weighted by Crippen LogP contribution is -2.50. The molecule has 8 unspecified atom stereocenters. The number of aliphatic imine (C=N–C) groups is 2. The first kappa shape index (κ1) is 61.5. The normalized spacial score (nSPS) is 25.1. The summed E-state index contributed by atoms with van der Waals surface area (Å²) in [6.07, 6.45) is 62.8. The number of rotatable bonds is 44. The van der Waals surface area contributed by atoms with E-state index in [1.807, 2.05) is 0 Å². The van der Waals surface area contributed by atoms with Crippen molar-refractivity contribution in [3.63, 3.8) is 0 Å². The summed E-state index contributed by atoms with van der Waals surface area (Å²) in [4.78, 5) is 10.8. The molecule has 0 aromatic heterocycles. The molecule has 68 heavy (non-hydrogen) atoms. The molecule has 3 fully saturated rings. The minimum Gasteiger partial charge on any atom is -0.378 e. The third kappa shape index (κ3) is 31.0. The lowest BCUT2D eigenvalue weighted by atomic mass is 9.83. The average Bonchev–Trinajstić information content (AvgIpc) is 3.34. The van der Waals surface area contributed by atoms with E-state index in [2.05, 4.69) is 46.9 Å². The molecule has 0 radical (unpaired) electrons. The molecule has 400 valence electrons. The van der Waals surface area contributed by atoms with Crippen molar-refractivity contribution in [3.8, 4) is 0 Å². The summed E-state index contributed by atoms with van der Waals surface area (Å²) in [5.74, 6) is 1.19. The van der Waals surface area contributed by atoms with Gasteiger partial charge in [-0.3, -0.25) is 9.98 Å². The Labute approximate surface area is 426 Å². The lowest BCUT2D eigenvalue weighted by Gasteiger charge is -2.36. The van der Waals surface area contributed by atoms with E-state index in [0.29, 0.717) is 48.2 Å². The van der Waals surface area contributed by atoms with Crippen LogP contribution in [0.1, 0.15) is 330 Å². The molecular formula is C63H121N3O2. The van der Waals surface area contributed by atoms with E-state index in [4.69, 9.17) is 19.5 Å². The highest BCUT2D eigenvalue weighted by atomic mass is 16.5. The minimum absolute atomic E-state index is 0.380. The smallest absolute Gasteiger partial charge is 0.0579 e. The molecule has 5 nitrogen and oxygen atoms in total. The number of piperidine rings is 1. The first-order valence-electron chi connectivity index (χ1n) is 31.5. The molecule has 0 aromatic carbocycles. The van der Waals surface area contributed by atoms with E-state index in [-0.39, 0.29) is 0 Å². The molecule has 2 aliphatic carbocycles. The highest BCUT2D eigenvalue weighted by Gasteiger charge is 2.32. The summed E-state index contributed by atoms with van der Waals surface area (Å²) in [7, 11) is 0. The van der Waals surface area contributed by atoms with Crippen molar-refractivity contribution < 1.29 is 9.47 Å². The second-order valence-electron chi connectivity index (χ2n) is 23.5. The van der Waals surface area contributed by atoms with Crippen LogP contribution in [-0.2, 0) is 9.47 Å². The van der Waals surface area contributed by atoms with Crippen molar-refractivity contribution in [1.29, 1.82) is 0 Å². The van der Waals surface area contributed by atoms with Gasteiger partial charge in [0.25, 0.3) is 0 Å². The predicted molar refractivity (Wildman–Crippen MR) is 301 cm³/mol. The molecule has 2 saturated carbocycles. The molecule has 0 bridgehead atoms. The van der Waals surface area contributed by atoms with Crippen molar-refractivity contribution >= 4 is 11.4 Å². The van der Waals surface area contributed by atoms with Gasteiger partial charge in [-0.15, -0.1) is 0 Å². The molecule has 1 aliphatic heterocycles. The molecule has 1 N–H and O–H groups in total. The van der Waals surface area contributed by atoms with Crippen molar-refractivity contribution in [3.05, 3.63) is 0 Å². The Kier molecular flexibility index (Phi) is 38.6. The van der Waals surface area contributed by atoms with Gasteiger partial charge in [-0.1, -0.05) is 246 Å². The summed E-state index contributed by atoms with van der Waals surface area (Å²) >= 11 is 0. The van der Waals surface area contributed by atoms with Gasteiger partial charge in [0.05, 0.1) is 24.3 Å². The van der Waals surface area contributed by atoms with Crippen molar-refractivity contribution in [1.82, 2.24) is 5.32 Å². The SMILES string of the molecule is CCCCCCCCCCCCCCCCCCCCOC1CCC(N=C(C)C2CCCC(C(C)=NC3CCC(OCCCCCCCCCCCCCCCCCCCC)CC3C)N2)C(C)C1. The van der Waals surface area contributed by atoms with Gasteiger partial charge >= 0.3 is 0 Å². The number of ether oxygens (including phenoxy) is 2. The Balaban J connectivity index is 1.15. The molecule has 0 amide bonds. The summed E-state index contributed by atoms with van der Waals surface area (Å²) < 4.78 is 12.9. The highest BCUT2D eigenvalue weighted by molar-refractivity contribution is 5.91. The van der Waals surface area contributed by atoms with Gasteiger partial charge in [-0.05, 0) is 96.3 Å². The van der Waals surface area contributed by atoms with Gasteiger partial charge in [0, 0.05) is 36.7 Å². The average molecular weight is 953 g/mol. The molecular weight excluding hydrogens is 831 g/mol. The van der Waals surface area contributed by atoms with E-state index in [9.17, 15) is 0 Å². The lowest BCUT2D eigenvalue weighted by molar-refractivity contribution is 0.00904. The Morgan fingerprint density at radius 2 is 0.632 bits per heavy atom. The van der Waals surface area contributed by atoms with Crippen molar-refractivity contribution in [2.24, 2.45) is 21.8 Å². The van der Waals surface area contributed by atoms with E-state index in [1.165, 1.54) is 288 Å². The van der Waals surface area contributed by atoms with E-state index in [1.54, 1.807) is 0 Å². The third-order valence-corrected chi connectivity index (χ3v) is 17.0. The van der Waals surface area contributed by atoms with Gasteiger partial charge in [0.2, 0.25) is 0 Å². The van der Waals surface area contributed by atoms with Crippen LogP contribution in [-0.4, -0.2) is 61.0 Å². The third-order valence-electron chi connectivity index (χ3n) is 17.0. The number of hydrogen-bond donors (Lipinski definition) is 1. The zero-order chi connectivity index (χ0) is 48.5. The van der Waals surface area contributed by atoms with Crippen LogP contribution in [0.2, 0.25) is 0 Å². The molecule has 0 spiro atoms. The Morgan fingerprint density at radius 3 is 0.897 bits per heavy atom. The van der Waals surface area contributed by atoms with E-state index < -0.39 is 0 Å². The van der Waals surface area contributed by atoms with E-state index >= 15 is 0 Å². The van der Waals surface area contributed by atoms with Crippen LogP contribution in [0.25, 0.3) is 0 Å². The highest BCUT2D eigenvalue weighted by Crippen LogP contribution is 2.32. The Bertz CT molecular complexity index is 1100. The summed E-state index contributed by atoms with van der Waals surface area (Å²) in [5, 5.41) is 4.02. The van der Waals surface area contributed by atoms with E-state index in [0.717, 1.165) is 26.1 Å². The van der Waals surface area contributed by atoms with Crippen LogP contribution in [0.3, 0.4) is 0 Å². The quantitative estimate of drug-likeness (QED) is 0.0489. The summed E-state index contributed by atoms with van der Waals surface area (Å²) in [5.41, 5.74) is 2.64. The van der Waals surface area contributed by atoms with Gasteiger partial charge in [0.1, 0.15) is 0 Å². The Hall–Kier alpha value is -0.780. The fraction of sp³-hybridized carbons (Fsp3) is 0.968. The van der Waals surface area contributed by atoms with Gasteiger partial charge in [-0.25, -0.2) is 0 Å². The number of hydrogen-bond acceptors (Lipinski definition) is 5. The second kappa shape index (κ2) is 42.7. The van der Waals surface area contributed by atoms with Gasteiger partial charge in [0.15, 0.2) is 0 Å². The maximum absolute atomic E-state index is 6.45. The minimum atomic E-state index is 0.380. The number of nitrogens with one attached hydrogen (secondary N) is 1. The van der Waals surface area contributed by atoms with Gasteiger partial charge < -0.3 is 14.8 Å². The van der Waals surface area contributed by atoms with Crippen LogP contribution in [0.4, 0.5) is 0 Å². The molecule has 3 rings (SSSR count). The number of unbranched alkanes of at least 4 members (excludes halogenated alkanes) is 34. The molecule has 5 heteroatoms. The monoisotopic (exact) mass is 952 g/mol. The zero-order valence-electron chi connectivity index (χ0n) is 47.1. The maximum atomic E-state index is 6.45. The van der Waals surface area contributed by atoms with Crippen LogP contribution >= 0.6 is 0 Å². The standard InChI is InChI=1S/C63H121N3O2/c1-7-9-11-13-15-17-19-21-23-25-27-29-31-33-35-37-39-41-50-67-58-46-48-60(54(3)52-58)64-56(5)62-44-43-45-63(66-62)57(6)65-61-49-47-59(53-55(61)4)68-51-42-40-38-36-34-32-30-28-26-24-22-20-18-16-14-12-10-8-2/h54-55,58-63,66H,7-53H2,1-6H3. The topological polar surface area (TPSA) is 55.2 Å². The van der Waals surface area contributed by atoms with Crippen LogP contribution in [0, 0.1) is 11.8 Å². The molecule has 1 heterocycles. The fourth-order valence-corrected chi connectivity index (χ4v) is 12.2. The van der Waals surface area contributed by atoms with Gasteiger partial charge in [-0.2, -0.15) is 0 Å². The number of nitrogens with zero attached hydrogens (tertiary/aromatic N) is 2. The molecule has 1 saturated heterocycles. The molecule has 3 aliphatic rings. The molecule has 0 aromatic rings. The maximum Gasteiger partial charge on any atom is 0.0579 e. The van der Waals surface area contributed by atoms with Crippen LogP contribution < -0.4 is 5.32 Å². The summed E-state index contributed by atoms with van der Waals surface area (Å²) in [6, 6.07) is 1.64. The first-order chi connectivity index (χ1) is 33.4. The second-order valence-corrected chi connectivity index (χ2v) is 23.5. The van der Waals surface area contributed by atoms with Crippen LogP contribution in [0.5, 0.6) is 0 Å².